The van der Waals surface area contributed by atoms with Gasteiger partial charge >= 0.3 is 0 Å². The highest BCUT2D eigenvalue weighted by Crippen LogP contribution is 2.27. The number of hydrogen-bond acceptors (Lipinski definition) is 3. The summed E-state index contributed by atoms with van der Waals surface area (Å²) in [5.74, 6) is -0.241. The fraction of sp³-hybridized carbons (Fsp3) is 0.438. The first-order chi connectivity index (χ1) is 11.0. The van der Waals surface area contributed by atoms with E-state index in [-0.39, 0.29) is 24.2 Å². The Morgan fingerprint density at radius 3 is 2.87 bits per heavy atom. The summed E-state index contributed by atoms with van der Waals surface area (Å²) in [5, 5.41) is 7.34. The molecule has 23 heavy (non-hydrogen) atoms. The average molecular weight is 320 g/mol. The summed E-state index contributed by atoms with van der Waals surface area (Å²) in [6.45, 7) is 2.16. The molecule has 2 heterocycles. The van der Waals surface area contributed by atoms with E-state index in [0.29, 0.717) is 18.7 Å². The number of halogens is 2. The first kappa shape index (κ1) is 15.6. The molecule has 1 aromatic heterocycles. The zero-order valence-electron chi connectivity index (χ0n) is 13.0. The summed E-state index contributed by atoms with van der Waals surface area (Å²) in [7, 11) is 1.72. The van der Waals surface area contributed by atoms with E-state index in [1.54, 1.807) is 11.9 Å². The molecule has 1 aliphatic rings. The molecule has 0 aliphatic carbocycles. The van der Waals surface area contributed by atoms with E-state index < -0.39 is 6.43 Å². The molecule has 1 amide bonds. The molecule has 0 radical (unpaired) electrons. The van der Waals surface area contributed by atoms with Crippen molar-refractivity contribution in [2.45, 2.75) is 32.7 Å². The predicted molar refractivity (Wildman–Crippen MR) is 81.4 cm³/mol. The minimum absolute atomic E-state index is 0.0739. The quantitative estimate of drug-likeness (QED) is 0.874. The minimum Gasteiger partial charge on any atom is -0.315 e. The van der Waals surface area contributed by atoms with Crippen LogP contribution in [-0.2, 0) is 17.8 Å². The van der Waals surface area contributed by atoms with Crippen LogP contribution < -0.4 is 4.90 Å². The molecule has 1 aliphatic heterocycles. The van der Waals surface area contributed by atoms with Gasteiger partial charge in [0.15, 0.2) is 5.82 Å². The highest BCUT2D eigenvalue weighted by Gasteiger charge is 2.31. The summed E-state index contributed by atoms with van der Waals surface area (Å²) < 4.78 is 27.3. The minimum atomic E-state index is -2.68. The Morgan fingerprint density at radius 1 is 1.39 bits per heavy atom. The third-order valence-corrected chi connectivity index (χ3v) is 4.24. The molecule has 7 heteroatoms. The number of amides is 1. The number of benzene rings is 1. The molecule has 3 rings (SSSR count). The van der Waals surface area contributed by atoms with Crippen molar-refractivity contribution in [3.63, 3.8) is 0 Å². The number of aromatic nitrogens is 3. The van der Waals surface area contributed by atoms with E-state index in [0.717, 1.165) is 11.3 Å². The molecule has 1 atom stereocenters. The lowest BCUT2D eigenvalue weighted by atomic mass is 9.97. The van der Waals surface area contributed by atoms with Crippen LogP contribution >= 0.6 is 0 Å². The highest BCUT2D eigenvalue weighted by atomic mass is 19.3. The third-order valence-electron chi connectivity index (χ3n) is 4.24. The third kappa shape index (κ3) is 2.95. The van der Waals surface area contributed by atoms with Gasteiger partial charge in [-0.3, -0.25) is 4.79 Å². The van der Waals surface area contributed by atoms with E-state index in [1.165, 1.54) is 4.57 Å². The second-order valence-corrected chi connectivity index (χ2v) is 5.86. The van der Waals surface area contributed by atoms with Crippen molar-refractivity contribution in [3.05, 3.63) is 41.5 Å². The molecule has 2 aromatic rings. The number of carbonyl (C=O) groups excluding carboxylic acids is 1. The molecule has 0 N–H and O–H groups in total. The van der Waals surface area contributed by atoms with Gasteiger partial charge in [-0.2, -0.15) is 0 Å². The number of nitrogens with zero attached hydrogens (tertiary/aromatic N) is 4. The van der Waals surface area contributed by atoms with Crippen molar-refractivity contribution in [3.8, 4) is 0 Å². The Morgan fingerprint density at radius 2 is 2.17 bits per heavy atom. The van der Waals surface area contributed by atoms with Crippen LogP contribution in [0.1, 0.15) is 30.1 Å². The van der Waals surface area contributed by atoms with E-state index in [2.05, 4.69) is 10.2 Å². The summed E-state index contributed by atoms with van der Waals surface area (Å²) >= 11 is 0. The molecular weight excluding hydrogens is 302 g/mol. The SMILES string of the molecule is Cc1cccc(N(C)C(=O)C2CCc3nnc(C(F)F)n3C2)c1. The second-order valence-electron chi connectivity index (χ2n) is 5.86. The van der Waals surface area contributed by atoms with Crippen LogP contribution in [0.2, 0.25) is 0 Å². The smallest absolute Gasteiger partial charge is 0.297 e. The number of hydrogen-bond donors (Lipinski definition) is 0. The number of carbonyl (C=O) groups is 1. The van der Waals surface area contributed by atoms with Crippen LogP contribution in [0, 0.1) is 12.8 Å². The molecule has 0 fully saturated rings. The van der Waals surface area contributed by atoms with Gasteiger partial charge in [0.05, 0.1) is 5.92 Å². The van der Waals surface area contributed by atoms with Crippen molar-refractivity contribution in [2.24, 2.45) is 5.92 Å². The number of anilines is 1. The summed E-state index contributed by atoms with van der Waals surface area (Å²) in [5.41, 5.74) is 1.87. The molecule has 0 bridgehead atoms. The zero-order chi connectivity index (χ0) is 16.6. The molecule has 0 saturated carbocycles. The molecular formula is C16H18F2N4O. The van der Waals surface area contributed by atoms with Gasteiger partial charge in [-0.15, -0.1) is 10.2 Å². The molecule has 122 valence electrons. The summed E-state index contributed by atoms with van der Waals surface area (Å²) in [4.78, 5) is 14.3. The number of fused-ring (bicyclic) bond motifs is 1. The van der Waals surface area contributed by atoms with Crippen LogP contribution in [-0.4, -0.2) is 27.7 Å². The zero-order valence-corrected chi connectivity index (χ0v) is 13.0. The van der Waals surface area contributed by atoms with Gasteiger partial charge < -0.3 is 9.47 Å². The molecule has 0 spiro atoms. The normalized spacial score (nSPS) is 17.2. The number of alkyl halides is 2. The van der Waals surface area contributed by atoms with Crippen LogP contribution in [0.5, 0.6) is 0 Å². The summed E-state index contributed by atoms with van der Waals surface area (Å²) in [6, 6.07) is 7.64. The van der Waals surface area contributed by atoms with Crippen LogP contribution in [0.15, 0.2) is 24.3 Å². The Labute approximate surface area is 132 Å². The topological polar surface area (TPSA) is 51.0 Å². The van der Waals surface area contributed by atoms with Crippen LogP contribution in [0.4, 0.5) is 14.5 Å². The first-order valence-electron chi connectivity index (χ1n) is 7.51. The van der Waals surface area contributed by atoms with Crippen molar-refractivity contribution in [1.82, 2.24) is 14.8 Å². The maximum atomic E-state index is 13.0. The number of aryl methyl sites for hydroxylation is 2. The average Bonchev–Trinajstić information content (AvgIpc) is 2.96. The van der Waals surface area contributed by atoms with Gasteiger partial charge in [0.1, 0.15) is 5.82 Å². The van der Waals surface area contributed by atoms with Crippen molar-refractivity contribution in [2.75, 3.05) is 11.9 Å². The van der Waals surface area contributed by atoms with Gasteiger partial charge in [-0.25, -0.2) is 8.78 Å². The first-order valence-corrected chi connectivity index (χ1v) is 7.51. The largest absolute Gasteiger partial charge is 0.315 e. The van der Waals surface area contributed by atoms with Crippen LogP contribution in [0.25, 0.3) is 0 Å². The van der Waals surface area contributed by atoms with Gasteiger partial charge in [-0.1, -0.05) is 12.1 Å². The van der Waals surface area contributed by atoms with E-state index in [9.17, 15) is 13.6 Å². The fourth-order valence-electron chi connectivity index (χ4n) is 2.95. The Hall–Kier alpha value is -2.31. The molecule has 1 unspecified atom stereocenters. The van der Waals surface area contributed by atoms with Gasteiger partial charge in [0, 0.05) is 25.7 Å². The molecule has 5 nitrogen and oxygen atoms in total. The lowest BCUT2D eigenvalue weighted by Crippen LogP contribution is -2.38. The van der Waals surface area contributed by atoms with E-state index >= 15 is 0 Å². The Bertz CT molecular complexity index is 729. The highest BCUT2D eigenvalue weighted by molar-refractivity contribution is 5.94. The maximum absolute atomic E-state index is 13.0. The van der Waals surface area contributed by atoms with Gasteiger partial charge in [0.2, 0.25) is 5.91 Å². The Balaban J connectivity index is 1.80. The van der Waals surface area contributed by atoms with E-state index in [4.69, 9.17) is 0 Å². The monoisotopic (exact) mass is 320 g/mol. The van der Waals surface area contributed by atoms with Crippen LogP contribution in [0.3, 0.4) is 0 Å². The lowest BCUT2D eigenvalue weighted by Gasteiger charge is -2.28. The standard InChI is InChI=1S/C16H18F2N4O/c1-10-4-3-5-12(8-10)21(2)16(23)11-6-7-13-19-20-15(14(17)18)22(13)9-11/h3-5,8,11,14H,6-7,9H2,1-2H3. The van der Waals surface area contributed by atoms with Crippen molar-refractivity contribution >= 4 is 11.6 Å². The lowest BCUT2D eigenvalue weighted by molar-refractivity contribution is -0.123. The van der Waals surface area contributed by atoms with Crippen molar-refractivity contribution < 1.29 is 13.6 Å². The van der Waals surface area contributed by atoms with Crippen molar-refractivity contribution in [1.29, 1.82) is 0 Å². The molecule has 0 saturated heterocycles. The van der Waals surface area contributed by atoms with Gasteiger partial charge in [-0.05, 0) is 31.0 Å². The number of rotatable bonds is 3. The van der Waals surface area contributed by atoms with Gasteiger partial charge in [0.25, 0.3) is 6.43 Å². The second kappa shape index (κ2) is 6.06. The predicted octanol–water partition coefficient (Wildman–Crippen LogP) is 2.75. The maximum Gasteiger partial charge on any atom is 0.297 e. The summed E-state index contributed by atoms with van der Waals surface area (Å²) in [6.07, 6.45) is -1.60. The fourth-order valence-corrected chi connectivity index (χ4v) is 2.95. The van der Waals surface area contributed by atoms with E-state index in [1.807, 2.05) is 31.2 Å². The Kier molecular flexibility index (Phi) is 4.11. The molecule has 1 aromatic carbocycles.